The van der Waals surface area contributed by atoms with Crippen LogP contribution in [0.5, 0.6) is 0 Å². The Bertz CT molecular complexity index is 186. The molecule has 0 aromatic rings. The molecule has 1 unspecified atom stereocenters. The monoisotopic (exact) mass is 199 g/mol. The number of ether oxygens (including phenoxy) is 1. The Morgan fingerprint density at radius 1 is 1.43 bits per heavy atom. The SMILES string of the molecule is COC(=O)CC(C1CCCC1)N(C)C. The van der Waals surface area contributed by atoms with Crippen LogP contribution in [0.1, 0.15) is 32.1 Å². The third-order valence-corrected chi connectivity index (χ3v) is 3.21. The Hall–Kier alpha value is -0.570. The molecule has 0 aromatic heterocycles. The van der Waals surface area contributed by atoms with Crippen molar-refractivity contribution in [2.75, 3.05) is 21.2 Å². The van der Waals surface area contributed by atoms with Crippen LogP contribution in [0.25, 0.3) is 0 Å². The molecule has 1 aliphatic carbocycles. The van der Waals surface area contributed by atoms with Gasteiger partial charge >= 0.3 is 5.97 Å². The highest BCUT2D eigenvalue weighted by Crippen LogP contribution is 2.31. The van der Waals surface area contributed by atoms with Crippen LogP contribution in [-0.2, 0) is 9.53 Å². The topological polar surface area (TPSA) is 29.5 Å². The molecule has 0 spiro atoms. The zero-order chi connectivity index (χ0) is 10.6. The standard InChI is InChI=1S/C11H21NO2/c1-12(2)10(8-11(13)14-3)9-6-4-5-7-9/h9-10H,4-8H2,1-3H3. The summed E-state index contributed by atoms with van der Waals surface area (Å²) in [5.41, 5.74) is 0. The van der Waals surface area contributed by atoms with Gasteiger partial charge in [-0.1, -0.05) is 12.8 Å². The summed E-state index contributed by atoms with van der Waals surface area (Å²) in [7, 11) is 5.56. The molecule has 1 rings (SSSR count). The fraction of sp³-hybridized carbons (Fsp3) is 0.909. The summed E-state index contributed by atoms with van der Waals surface area (Å²) in [5, 5.41) is 0. The van der Waals surface area contributed by atoms with E-state index in [0.29, 0.717) is 18.4 Å². The number of carbonyl (C=O) groups is 1. The fourth-order valence-electron chi connectivity index (χ4n) is 2.37. The van der Waals surface area contributed by atoms with E-state index in [1.807, 2.05) is 14.1 Å². The van der Waals surface area contributed by atoms with E-state index < -0.39 is 0 Å². The minimum Gasteiger partial charge on any atom is -0.469 e. The molecule has 3 nitrogen and oxygen atoms in total. The third-order valence-electron chi connectivity index (χ3n) is 3.21. The number of methoxy groups -OCH3 is 1. The minimum atomic E-state index is -0.0874. The first-order chi connectivity index (χ1) is 6.65. The normalized spacial score (nSPS) is 20.0. The Morgan fingerprint density at radius 3 is 2.43 bits per heavy atom. The largest absolute Gasteiger partial charge is 0.469 e. The number of rotatable bonds is 4. The van der Waals surface area contributed by atoms with E-state index in [-0.39, 0.29) is 5.97 Å². The van der Waals surface area contributed by atoms with Crippen molar-refractivity contribution >= 4 is 5.97 Å². The maximum atomic E-state index is 11.2. The summed E-state index contributed by atoms with van der Waals surface area (Å²) in [6.45, 7) is 0. The summed E-state index contributed by atoms with van der Waals surface area (Å²) >= 11 is 0. The van der Waals surface area contributed by atoms with Crippen molar-refractivity contribution in [3.05, 3.63) is 0 Å². The molecule has 1 atom stereocenters. The zero-order valence-electron chi connectivity index (χ0n) is 9.45. The minimum absolute atomic E-state index is 0.0874. The van der Waals surface area contributed by atoms with E-state index in [2.05, 4.69) is 4.90 Å². The van der Waals surface area contributed by atoms with Gasteiger partial charge in [0.25, 0.3) is 0 Å². The summed E-state index contributed by atoms with van der Waals surface area (Å²) in [5.74, 6) is 0.597. The second-order valence-electron chi connectivity index (χ2n) is 4.36. The second-order valence-corrected chi connectivity index (χ2v) is 4.36. The molecule has 3 heteroatoms. The zero-order valence-corrected chi connectivity index (χ0v) is 9.45. The van der Waals surface area contributed by atoms with Crippen LogP contribution in [0.3, 0.4) is 0 Å². The second kappa shape index (κ2) is 5.35. The van der Waals surface area contributed by atoms with Crippen molar-refractivity contribution in [1.82, 2.24) is 4.90 Å². The van der Waals surface area contributed by atoms with E-state index in [1.165, 1.54) is 32.8 Å². The van der Waals surface area contributed by atoms with Gasteiger partial charge < -0.3 is 9.64 Å². The summed E-state index contributed by atoms with van der Waals surface area (Å²) < 4.78 is 4.72. The Balaban J connectivity index is 2.49. The Labute approximate surface area is 86.4 Å². The Kier molecular flexibility index (Phi) is 4.39. The van der Waals surface area contributed by atoms with Crippen LogP contribution in [0.4, 0.5) is 0 Å². The van der Waals surface area contributed by atoms with Crippen molar-refractivity contribution < 1.29 is 9.53 Å². The molecule has 0 aliphatic heterocycles. The number of nitrogens with zero attached hydrogens (tertiary/aromatic N) is 1. The first kappa shape index (κ1) is 11.5. The van der Waals surface area contributed by atoms with Crippen LogP contribution < -0.4 is 0 Å². The van der Waals surface area contributed by atoms with Gasteiger partial charge in [-0.25, -0.2) is 0 Å². The van der Waals surface area contributed by atoms with E-state index in [1.54, 1.807) is 0 Å². The molecule has 0 bridgehead atoms. The number of hydrogen-bond donors (Lipinski definition) is 0. The van der Waals surface area contributed by atoms with Crippen molar-refractivity contribution in [2.45, 2.75) is 38.1 Å². The van der Waals surface area contributed by atoms with E-state index in [0.717, 1.165) is 0 Å². The van der Waals surface area contributed by atoms with Crippen molar-refractivity contribution in [2.24, 2.45) is 5.92 Å². The smallest absolute Gasteiger partial charge is 0.307 e. The average molecular weight is 199 g/mol. The van der Waals surface area contributed by atoms with Gasteiger partial charge in [-0.15, -0.1) is 0 Å². The van der Waals surface area contributed by atoms with Gasteiger partial charge in [-0.2, -0.15) is 0 Å². The van der Waals surface area contributed by atoms with Gasteiger partial charge in [0.1, 0.15) is 0 Å². The summed E-state index contributed by atoms with van der Waals surface area (Å²) in [6, 6.07) is 0.366. The lowest BCUT2D eigenvalue weighted by Crippen LogP contribution is -2.36. The first-order valence-electron chi connectivity index (χ1n) is 5.38. The van der Waals surface area contributed by atoms with Gasteiger partial charge in [0.2, 0.25) is 0 Å². The van der Waals surface area contributed by atoms with Crippen molar-refractivity contribution in [1.29, 1.82) is 0 Å². The van der Waals surface area contributed by atoms with E-state index >= 15 is 0 Å². The maximum Gasteiger partial charge on any atom is 0.307 e. The molecule has 0 heterocycles. The maximum absolute atomic E-state index is 11.2. The molecule has 1 fully saturated rings. The molecular formula is C11H21NO2. The molecule has 1 aliphatic rings. The van der Waals surface area contributed by atoms with Gasteiger partial charge in [0.05, 0.1) is 13.5 Å². The summed E-state index contributed by atoms with van der Waals surface area (Å²) in [4.78, 5) is 13.4. The van der Waals surface area contributed by atoms with Crippen LogP contribution in [0, 0.1) is 5.92 Å². The number of carbonyl (C=O) groups excluding carboxylic acids is 1. The first-order valence-corrected chi connectivity index (χ1v) is 5.38. The van der Waals surface area contributed by atoms with Crippen LogP contribution in [0.2, 0.25) is 0 Å². The number of esters is 1. The van der Waals surface area contributed by atoms with E-state index in [9.17, 15) is 4.79 Å². The molecule has 82 valence electrons. The average Bonchev–Trinajstić information content (AvgIpc) is 2.65. The molecule has 0 aromatic carbocycles. The van der Waals surface area contributed by atoms with Crippen LogP contribution in [0.15, 0.2) is 0 Å². The quantitative estimate of drug-likeness (QED) is 0.645. The highest BCUT2D eigenvalue weighted by atomic mass is 16.5. The van der Waals surface area contributed by atoms with Gasteiger partial charge in [0, 0.05) is 6.04 Å². The fourth-order valence-corrected chi connectivity index (χ4v) is 2.37. The molecule has 0 saturated heterocycles. The highest BCUT2D eigenvalue weighted by Gasteiger charge is 2.28. The third kappa shape index (κ3) is 2.98. The predicted molar refractivity (Wildman–Crippen MR) is 56.1 cm³/mol. The number of hydrogen-bond acceptors (Lipinski definition) is 3. The molecule has 0 radical (unpaired) electrons. The molecule has 0 N–H and O–H groups in total. The van der Waals surface area contributed by atoms with Gasteiger partial charge in [0.15, 0.2) is 0 Å². The van der Waals surface area contributed by atoms with Crippen molar-refractivity contribution in [3.63, 3.8) is 0 Å². The van der Waals surface area contributed by atoms with Gasteiger partial charge in [-0.05, 0) is 32.9 Å². The molecule has 1 saturated carbocycles. The lowest BCUT2D eigenvalue weighted by molar-refractivity contribution is -0.142. The lowest BCUT2D eigenvalue weighted by atomic mass is 9.94. The van der Waals surface area contributed by atoms with Crippen molar-refractivity contribution in [3.8, 4) is 0 Å². The predicted octanol–water partition coefficient (Wildman–Crippen LogP) is 1.67. The van der Waals surface area contributed by atoms with E-state index in [4.69, 9.17) is 4.74 Å². The highest BCUT2D eigenvalue weighted by molar-refractivity contribution is 5.69. The summed E-state index contributed by atoms with van der Waals surface area (Å²) in [6.07, 6.45) is 5.69. The van der Waals surface area contributed by atoms with Crippen LogP contribution in [-0.4, -0.2) is 38.1 Å². The van der Waals surface area contributed by atoms with Crippen LogP contribution >= 0.6 is 0 Å². The van der Waals surface area contributed by atoms with Gasteiger partial charge in [-0.3, -0.25) is 4.79 Å². The lowest BCUT2D eigenvalue weighted by Gasteiger charge is -2.28. The Morgan fingerprint density at radius 2 is 2.00 bits per heavy atom. The molecule has 0 amide bonds. The molecule has 14 heavy (non-hydrogen) atoms. The molecular weight excluding hydrogens is 178 g/mol.